The van der Waals surface area contributed by atoms with Crippen molar-refractivity contribution in [3.63, 3.8) is 0 Å². The topological polar surface area (TPSA) is 94.8 Å². The maximum Gasteiger partial charge on any atom is 0.308 e. The lowest BCUT2D eigenvalue weighted by molar-refractivity contribution is -0.147. The van der Waals surface area contributed by atoms with Crippen molar-refractivity contribution in [3.05, 3.63) is 0 Å². The van der Waals surface area contributed by atoms with Crippen molar-refractivity contribution in [1.82, 2.24) is 0 Å². The molecule has 0 radical (unpaired) electrons. The summed E-state index contributed by atoms with van der Waals surface area (Å²) in [5.41, 5.74) is 0. The van der Waals surface area contributed by atoms with E-state index in [9.17, 15) is 9.59 Å². The van der Waals surface area contributed by atoms with Crippen LogP contribution < -0.4 is 0 Å². The predicted octanol–water partition coefficient (Wildman–Crippen LogP) is -0.457. The molecule has 0 saturated carbocycles. The van der Waals surface area contributed by atoms with E-state index in [2.05, 4.69) is 0 Å². The average molecular weight is 162 g/mol. The van der Waals surface area contributed by atoms with E-state index < -0.39 is 30.4 Å². The summed E-state index contributed by atoms with van der Waals surface area (Å²) < 4.78 is 0. The number of aliphatic hydroxyl groups excluding tert-OH is 1. The third kappa shape index (κ3) is 3.57. The zero-order chi connectivity index (χ0) is 9.02. The summed E-state index contributed by atoms with van der Waals surface area (Å²) in [6.07, 6.45) is -1.85. The number of rotatable bonds is 4. The molecule has 64 valence electrons. The minimum atomic E-state index is -1.31. The Bertz CT molecular complexity index is 164. The molecule has 0 aromatic rings. The smallest absolute Gasteiger partial charge is 0.308 e. The highest BCUT2D eigenvalue weighted by molar-refractivity contribution is 5.73. The van der Waals surface area contributed by atoms with Crippen LogP contribution in [0.25, 0.3) is 0 Å². The molecule has 3 N–H and O–H groups in total. The van der Waals surface area contributed by atoms with Crippen LogP contribution in [-0.2, 0) is 9.59 Å². The van der Waals surface area contributed by atoms with Gasteiger partial charge in [0.1, 0.15) is 0 Å². The number of carboxylic acid groups (broad SMARTS) is 2. The van der Waals surface area contributed by atoms with Crippen LogP contribution in [0.15, 0.2) is 0 Å². The fourth-order valence-corrected chi connectivity index (χ4v) is 0.520. The first kappa shape index (κ1) is 9.90. The second kappa shape index (κ2) is 3.92. The van der Waals surface area contributed by atoms with Crippen LogP contribution in [0.1, 0.15) is 13.3 Å². The standard InChI is InChI=1S/C6H10O5/c1-3(6(10)11)4(7)2-5(8)9/h3-4,7H,2H2,1H3,(H,8,9)(H,10,11)/t3?,4-/m0/s1. The molecule has 0 fully saturated rings. The monoisotopic (exact) mass is 162 g/mol. The molecule has 0 spiro atoms. The van der Waals surface area contributed by atoms with Crippen LogP contribution in [0.4, 0.5) is 0 Å². The summed E-state index contributed by atoms with van der Waals surface area (Å²) in [4.78, 5) is 20.2. The highest BCUT2D eigenvalue weighted by Gasteiger charge is 2.23. The zero-order valence-electron chi connectivity index (χ0n) is 6.02. The molecule has 0 bridgehead atoms. The molecule has 0 aromatic carbocycles. The number of hydrogen-bond donors (Lipinski definition) is 3. The van der Waals surface area contributed by atoms with E-state index in [-0.39, 0.29) is 0 Å². The number of carbonyl (C=O) groups is 2. The van der Waals surface area contributed by atoms with E-state index in [4.69, 9.17) is 15.3 Å². The summed E-state index contributed by atoms with van der Waals surface area (Å²) in [5.74, 6) is -3.43. The summed E-state index contributed by atoms with van der Waals surface area (Å²) >= 11 is 0. The van der Waals surface area contributed by atoms with Gasteiger partial charge in [0, 0.05) is 0 Å². The Morgan fingerprint density at radius 3 is 2.09 bits per heavy atom. The molecular weight excluding hydrogens is 152 g/mol. The van der Waals surface area contributed by atoms with E-state index in [0.717, 1.165) is 0 Å². The second-order valence-electron chi connectivity index (χ2n) is 2.29. The number of hydrogen-bond acceptors (Lipinski definition) is 3. The van der Waals surface area contributed by atoms with E-state index in [1.807, 2.05) is 0 Å². The molecule has 1 unspecified atom stereocenters. The predicted molar refractivity (Wildman–Crippen MR) is 35.1 cm³/mol. The van der Waals surface area contributed by atoms with Crippen molar-refractivity contribution in [1.29, 1.82) is 0 Å². The summed E-state index contributed by atoms with van der Waals surface area (Å²) in [6, 6.07) is 0. The van der Waals surface area contributed by atoms with Gasteiger partial charge in [-0.2, -0.15) is 0 Å². The zero-order valence-corrected chi connectivity index (χ0v) is 6.02. The van der Waals surface area contributed by atoms with Crippen LogP contribution in [0.5, 0.6) is 0 Å². The Hall–Kier alpha value is -1.10. The fourth-order valence-electron chi connectivity index (χ4n) is 0.520. The van der Waals surface area contributed by atoms with Gasteiger partial charge >= 0.3 is 11.9 Å². The molecule has 0 heterocycles. The normalized spacial score (nSPS) is 15.5. The third-order valence-corrected chi connectivity index (χ3v) is 1.35. The van der Waals surface area contributed by atoms with Crippen molar-refractivity contribution >= 4 is 11.9 Å². The molecule has 11 heavy (non-hydrogen) atoms. The maximum absolute atomic E-state index is 10.2. The van der Waals surface area contributed by atoms with Crippen LogP contribution >= 0.6 is 0 Å². The van der Waals surface area contributed by atoms with Gasteiger partial charge in [-0.15, -0.1) is 0 Å². The molecule has 0 aliphatic rings. The summed E-state index contributed by atoms with van der Waals surface area (Å²) in [6.45, 7) is 1.26. The molecule has 0 amide bonds. The highest BCUT2D eigenvalue weighted by Crippen LogP contribution is 2.06. The van der Waals surface area contributed by atoms with E-state index in [1.54, 1.807) is 0 Å². The van der Waals surface area contributed by atoms with Crippen molar-refractivity contribution in [2.45, 2.75) is 19.4 Å². The molecule has 0 saturated heterocycles. The van der Waals surface area contributed by atoms with Gasteiger partial charge in [0.25, 0.3) is 0 Å². The molecule has 0 aliphatic carbocycles. The number of carboxylic acids is 2. The van der Waals surface area contributed by atoms with Crippen molar-refractivity contribution in [3.8, 4) is 0 Å². The van der Waals surface area contributed by atoms with Crippen molar-refractivity contribution in [2.24, 2.45) is 5.92 Å². The second-order valence-corrected chi connectivity index (χ2v) is 2.29. The van der Waals surface area contributed by atoms with E-state index in [0.29, 0.717) is 0 Å². The van der Waals surface area contributed by atoms with Crippen molar-refractivity contribution < 1.29 is 24.9 Å². The summed E-state index contributed by atoms with van der Waals surface area (Å²) in [7, 11) is 0. The molecule has 0 rings (SSSR count). The van der Waals surface area contributed by atoms with Gasteiger partial charge in [0.05, 0.1) is 18.4 Å². The van der Waals surface area contributed by atoms with Gasteiger partial charge in [0.15, 0.2) is 0 Å². The lowest BCUT2D eigenvalue weighted by Gasteiger charge is -2.11. The van der Waals surface area contributed by atoms with E-state index in [1.165, 1.54) is 6.92 Å². The number of aliphatic hydroxyl groups is 1. The number of aliphatic carboxylic acids is 2. The maximum atomic E-state index is 10.2. The Kier molecular flexibility index (Phi) is 3.53. The van der Waals surface area contributed by atoms with Crippen molar-refractivity contribution in [2.75, 3.05) is 0 Å². The SMILES string of the molecule is CC(C(=O)O)[C@@H](O)CC(=O)O. The lowest BCUT2D eigenvalue weighted by atomic mass is 10.0. The highest BCUT2D eigenvalue weighted by atomic mass is 16.4. The van der Waals surface area contributed by atoms with Gasteiger partial charge in [0.2, 0.25) is 0 Å². The largest absolute Gasteiger partial charge is 0.481 e. The minimum Gasteiger partial charge on any atom is -0.481 e. The van der Waals surface area contributed by atoms with Crippen LogP contribution in [-0.4, -0.2) is 33.4 Å². The third-order valence-electron chi connectivity index (χ3n) is 1.35. The first-order chi connectivity index (χ1) is 4.95. The summed E-state index contributed by atoms with van der Waals surface area (Å²) in [5, 5.41) is 25.4. The molecule has 5 nitrogen and oxygen atoms in total. The molecule has 0 aromatic heterocycles. The fraction of sp³-hybridized carbons (Fsp3) is 0.667. The average Bonchev–Trinajstić information content (AvgIpc) is 1.84. The lowest BCUT2D eigenvalue weighted by Crippen LogP contribution is -2.27. The molecule has 5 heteroatoms. The van der Waals surface area contributed by atoms with Gasteiger partial charge < -0.3 is 15.3 Å². The van der Waals surface area contributed by atoms with Gasteiger partial charge in [-0.1, -0.05) is 0 Å². The minimum absolute atomic E-state index is 0.534. The van der Waals surface area contributed by atoms with Gasteiger partial charge in [-0.25, -0.2) is 0 Å². The van der Waals surface area contributed by atoms with Gasteiger partial charge in [-0.05, 0) is 6.92 Å². The quantitative estimate of drug-likeness (QED) is 0.520. The first-order valence-electron chi connectivity index (χ1n) is 3.07. The first-order valence-corrected chi connectivity index (χ1v) is 3.07. The molecule has 0 aliphatic heterocycles. The van der Waals surface area contributed by atoms with Crippen LogP contribution in [0, 0.1) is 5.92 Å². The van der Waals surface area contributed by atoms with Crippen LogP contribution in [0.2, 0.25) is 0 Å². The van der Waals surface area contributed by atoms with Gasteiger partial charge in [-0.3, -0.25) is 9.59 Å². The molecule has 2 atom stereocenters. The Balaban J connectivity index is 3.92. The Morgan fingerprint density at radius 1 is 1.36 bits per heavy atom. The van der Waals surface area contributed by atoms with Crippen LogP contribution in [0.3, 0.4) is 0 Å². The Labute approximate surface area is 63.3 Å². The molecular formula is C6H10O5. The Morgan fingerprint density at radius 2 is 1.82 bits per heavy atom. The van der Waals surface area contributed by atoms with E-state index >= 15 is 0 Å².